The molecule has 0 spiro atoms. The summed E-state index contributed by atoms with van der Waals surface area (Å²) in [5.74, 6) is 0.977. The molecule has 3 rings (SSSR count). The molecular weight excluding hydrogens is 286 g/mol. The van der Waals surface area contributed by atoms with Crippen molar-refractivity contribution in [3.05, 3.63) is 46.5 Å². The number of nitrogens with zero attached hydrogens (tertiary/aromatic N) is 3. The summed E-state index contributed by atoms with van der Waals surface area (Å²) in [5.41, 5.74) is 6.98. The molecule has 3 aromatic rings. The van der Waals surface area contributed by atoms with E-state index >= 15 is 0 Å². The van der Waals surface area contributed by atoms with Crippen molar-refractivity contribution in [3.63, 3.8) is 0 Å². The second-order valence-electron chi connectivity index (χ2n) is 6.53. The molecule has 2 heterocycles. The van der Waals surface area contributed by atoms with Gasteiger partial charge in [-0.2, -0.15) is 5.10 Å². The number of benzene rings is 1. The third-order valence-corrected chi connectivity index (χ3v) is 4.31. The number of aromatic amines is 1. The summed E-state index contributed by atoms with van der Waals surface area (Å²) in [7, 11) is 0. The van der Waals surface area contributed by atoms with E-state index in [9.17, 15) is 0 Å². The normalized spacial score (nSPS) is 12.9. The molecule has 1 atom stereocenters. The zero-order valence-corrected chi connectivity index (χ0v) is 14.6. The number of rotatable bonds is 5. The number of hydrogen-bond acceptors (Lipinski definition) is 3. The summed E-state index contributed by atoms with van der Waals surface area (Å²) >= 11 is 0. The monoisotopic (exact) mass is 311 g/mol. The first-order valence-electron chi connectivity index (χ1n) is 8.12. The standard InChI is InChI=1S/C18H25N5/c1-11-6-16-17(7-12(11)2)21-18(20-16)9-19-14(4)10-23-15(5)8-13(3)22-23/h6-8,14,19H,9-10H2,1-5H3,(H,20,21)/t14-/m0/s1. The zero-order valence-electron chi connectivity index (χ0n) is 14.6. The molecule has 23 heavy (non-hydrogen) atoms. The average Bonchev–Trinajstić information content (AvgIpc) is 3.00. The minimum atomic E-state index is 0.324. The predicted molar refractivity (Wildman–Crippen MR) is 93.6 cm³/mol. The molecule has 2 aromatic heterocycles. The molecule has 2 N–H and O–H groups in total. The molecule has 0 aliphatic heterocycles. The smallest absolute Gasteiger partial charge is 0.121 e. The molecular formula is C18H25N5. The summed E-state index contributed by atoms with van der Waals surface area (Å²) in [6, 6.07) is 6.74. The van der Waals surface area contributed by atoms with Gasteiger partial charge in [-0.3, -0.25) is 4.68 Å². The van der Waals surface area contributed by atoms with Crippen molar-refractivity contribution >= 4 is 11.0 Å². The number of H-pyrrole nitrogens is 1. The second-order valence-corrected chi connectivity index (χ2v) is 6.53. The van der Waals surface area contributed by atoms with Crippen LogP contribution in [-0.4, -0.2) is 25.8 Å². The van der Waals surface area contributed by atoms with E-state index in [1.165, 1.54) is 16.8 Å². The van der Waals surface area contributed by atoms with Crippen LogP contribution in [0.2, 0.25) is 0 Å². The fourth-order valence-electron chi connectivity index (χ4n) is 2.86. The average molecular weight is 311 g/mol. The van der Waals surface area contributed by atoms with Gasteiger partial charge in [0.1, 0.15) is 5.82 Å². The van der Waals surface area contributed by atoms with Crippen molar-refractivity contribution in [2.75, 3.05) is 0 Å². The van der Waals surface area contributed by atoms with E-state index in [1.54, 1.807) is 0 Å². The highest BCUT2D eigenvalue weighted by Gasteiger charge is 2.09. The summed E-state index contributed by atoms with van der Waals surface area (Å²) in [5, 5.41) is 8.03. The fraction of sp³-hybridized carbons (Fsp3) is 0.444. The van der Waals surface area contributed by atoms with Crippen LogP contribution < -0.4 is 5.32 Å². The number of hydrogen-bond donors (Lipinski definition) is 2. The van der Waals surface area contributed by atoms with Crippen LogP contribution in [0.5, 0.6) is 0 Å². The second kappa shape index (κ2) is 6.16. The van der Waals surface area contributed by atoms with Gasteiger partial charge in [0.2, 0.25) is 0 Å². The molecule has 0 radical (unpaired) electrons. The summed E-state index contributed by atoms with van der Waals surface area (Å²) < 4.78 is 2.05. The molecule has 122 valence electrons. The van der Waals surface area contributed by atoms with Crippen molar-refractivity contribution in [2.45, 2.75) is 53.8 Å². The van der Waals surface area contributed by atoms with E-state index in [4.69, 9.17) is 0 Å². The van der Waals surface area contributed by atoms with Crippen LogP contribution in [0.15, 0.2) is 18.2 Å². The van der Waals surface area contributed by atoms with E-state index < -0.39 is 0 Å². The van der Waals surface area contributed by atoms with Crippen LogP contribution in [-0.2, 0) is 13.1 Å². The summed E-state index contributed by atoms with van der Waals surface area (Å²) in [6.07, 6.45) is 0. The lowest BCUT2D eigenvalue weighted by atomic mass is 10.1. The van der Waals surface area contributed by atoms with Gasteiger partial charge in [-0.05, 0) is 63.9 Å². The van der Waals surface area contributed by atoms with Gasteiger partial charge in [0.25, 0.3) is 0 Å². The van der Waals surface area contributed by atoms with E-state index in [1.807, 2.05) is 6.92 Å². The minimum Gasteiger partial charge on any atom is -0.341 e. The third-order valence-electron chi connectivity index (χ3n) is 4.31. The van der Waals surface area contributed by atoms with Crippen molar-refractivity contribution in [3.8, 4) is 0 Å². The molecule has 5 heteroatoms. The van der Waals surface area contributed by atoms with E-state index in [2.05, 4.69) is 71.0 Å². The van der Waals surface area contributed by atoms with Crippen LogP contribution in [0.1, 0.15) is 35.3 Å². The molecule has 0 aliphatic carbocycles. The summed E-state index contributed by atoms with van der Waals surface area (Å²) in [6.45, 7) is 12.1. The van der Waals surface area contributed by atoms with Crippen LogP contribution in [0.3, 0.4) is 0 Å². The SMILES string of the molecule is Cc1cc(C)n(C[C@H](C)NCc2nc3cc(C)c(C)cc3[nH]2)n1. The van der Waals surface area contributed by atoms with E-state index in [-0.39, 0.29) is 0 Å². The minimum absolute atomic E-state index is 0.324. The molecule has 0 aliphatic rings. The zero-order chi connectivity index (χ0) is 16.6. The number of aromatic nitrogens is 4. The Morgan fingerprint density at radius 2 is 1.87 bits per heavy atom. The van der Waals surface area contributed by atoms with Gasteiger partial charge in [0, 0.05) is 11.7 Å². The maximum Gasteiger partial charge on any atom is 0.121 e. The molecule has 0 unspecified atom stereocenters. The highest BCUT2D eigenvalue weighted by molar-refractivity contribution is 5.77. The van der Waals surface area contributed by atoms with Gasteiger partial charge in [-0.1, -0.05) is 0 Å². The van der Waals surface area contributed by atoms with E-state index in [0.29, 0.717) is 6.04 Å². The van der Waals surface area contributed by atoms with Gasteiger partial charge < -0.3 is 10.3 Å². The Kier molecular flexibility index (Phi) is 4.22. The van der Waals surface area contributed by atoms with Gasteiger partial charge in [-0.15, -0.1) is 0 Å². The molecule has 0 amide bonds. The fourth-order valence-corrected chi connectivity index (χ4v) is 2.86. The van der Waals surface area contributed by atoms with Gasteiger partial charge in [-0.25, -0.2) is 4.98 Å². The number of nitrogens with one attached hydrogen (secondary N) is 2. The number of fused-ring (bicyclic) bond motifs is 1. The Morgan fingerprint density at radius 3 is 2.57 bits per heavy atom. The van der Waals surface area contributed by atoms with Crippen molar-refractivity contribution in [1.29, 1.82) is 0 Å². The van der Waals surface area contributed by atoms with Gasteiger partial charge in [0.15, 0.2) is 0 Å². The Bertz CT molecular complexity index is 788. The maximum atomic E-state index is 4.67. The molecule has 0 saturated heterocycles. The number of aryl methyl sites for hydroxylation is 4. The van der Waals surface area contributed by atoms with Crippen LogP contribution in [0.25, 0.3) is 11.0 Å². The lowest BCUT2D eigenvalue weighted by Gasteiger charge is -2.14. The van der Waals surface area contributed by atoms with Crippen molar-refractivity contribution in [2.24, 2.45) is 0 Å². The highest BCUT2D eigenvalue weighted by Crippen LogP contribution is 2.17. The van der Waals surface area contributed by atoms with Gasteiger partial charge >= 0.3 is 0 Å². The molecule has 0 fully saturated rings. The first-order valence-corrected chi connectivity index (χ1v) is 8.12. The lowest BCUT2D eigenvalue weighted by Crippen LogP contribution is -2.31. The first-order chi connectivity index (χ1) is 10.9. The molecule has 0 saturated carbocycles. The van der Waals surface area contributed by atoms with Crippen molar-refractivity contribution in [1.82, 2.24) is 25.1 Å². The largest absolute Gasteiger partial charge is 0.341 e. The Labute approximate surface area is 137 Å². The topological polar surface area (TPSA) is 58.5 Å². The van der Waals surface area contributed by atoms with Gasteiger partial charge in [0.05, 0.1) is 29.8 Å². The van der Waals surface area contributed by atoms with E-state index in [0.717, 1.165) is 35.6 Å². The third kappa shape index (κ3) is 3.45. The Balaban J connectivity index is 1.64. The molecule has 0 bridgehead atoms. The molecule has 5 nitrogen and oxygen atoms in total. The summed E-state index contributed by atoms with van der Waals surface area (Å²) in [4.78, 5) is 8.08. The Morgan fingerprint density at radius 1 is 1.13 bits per heavy atom. The first kappa shape index (κ1) is 15.7. The van der Waals surface area contributed by atoms with Crippen LogP contribution in [0.4, 0.5) is 0 Å². The van der Waals surface area contributed by atoms with Crippen molar-refractivity contribution < 1.29 is 0 Å². The maximum absolute atomic E-state index is 4.67. The lowest BCUT2D eigenvalue weighted by molar-refractivity contribution is 0.440. The predicted octanol–water partition coefficient (Wildman–Crippen LogP) is 3.17. The Hall–Kier alpha value is -2.14. The van der Waals surface area contributed by atoms with Crippen LogP contribution in [0, 0.1) is 27.7 Å². The van der Waals surface area contributed by atoms with Crippen LogP contribution >= 0.6 is 0 Å². The quantitative estimate of drug-likeness (QED) is 0.761. The highest BCUT2D eigenvalue weighted by atomic mass is 15.3. The number of imidazole rings is 1. The molecule has 1 aromatic carbocycles.